The van der Waals surface area contributed by atoms with Crippen LogP contribution < -0.4 is 4.89 Å². The maximum atomic E-state index is 12.8. The summed E-state index contributed by atoms with van der Waals surface area (Å²) in [6, 6.07) is 0. The molecule has 8 nitrogen and oxygen atoms in total. The molecule has 0 saturated carbocycles. The third kappa shape index (κ3) is 57.0. The van der Waals surface area contributed by atoms with Crippen LogP contribution in [0.2, 0.25) is 0 Å². The van der Waals surface area contributed by atoms with Crippen LogP contribution in [0.15, 0.2) is 60.8 Å². The number of quaternary nitrogens is 1. The number of allylic oxidation sites excluding steroid dienone is 10. The lowest BCUT2D eigenvalue weighted by atomic mass is 10.0. The quantitative estimate of drug-likeness (QED) is 0.0197. The second-order valence-electron chi connectivity index (χ2n) is 20.6. The first-order valence-electron chi connectivity index (χ1n) is 29.0. The summed E-state index contributed by atoms with van der Waals surface area (Å²) in [7, 11) is 1.36. The molecule has 0 fully saturated rings. The van der Waals surface area contributed by atoms with E-state index in [4.69, 9.17) is 18.5 Å². The maximum Gasteiger partial charge on any atom is 0.306 e. The summed E-state index contributed by atoms with van der Waals surface area (Å²) in [6.45, 7) is 5.34. The average Bonchev–Trinajstić information content (AvgIpc) is 3.31. The Morgan fingerprint density at radius 3 is 1.26 bits per heavy atom. The van der Waals surface area contributed by atoms with E-state index in [9.17, 15) is 14.3 Å². The van der Waals surface area contributed by atoms with Crippen molar-refractivity contribution in [3.8, 4) is 0 Å². The summed E-state index contributed by atoms with van der Waals surface area (Å²) in [5.74, 6) is -0.337. The van der Waals surface area contributed by atoms with Crippen molar-refractivity contribution in [1.82, 2.24) is 0 Å². The van der Waals surface area contributed by atoms with E-state index in [-0.39, 0.29) is 25.8 Å². The normalized spacial score (nSPS) is 13.9. The second-order valence-corrected chi connectivity index (χ2v) is 22.0. The van der Waals surface area contributed by atoms with E-state index < -0.39 is 13.9 Å². The molecule has 0 bridgehead atoms. The number of phosphoric ester groups is 1. The molecule has 0 aromatic rings. The van der Waals surface area contributed by atoms with Gasteiger partial charge < -0.3 is 27.9 Å². The number of rotatable bonds is 54. The van der Waals surface area contributed by atoms with Crippen LogP contribution in [0.3, 0.4) is 0 Å². The molecule has 404 valence electrons. The van der Waals surface area contributed by atoms with E-state index in [1.807, 2.05) is 21.1 Å². The minimum absolute atomic E-state index is 0.0244. The Morgan fingerprint density at radius 2 is 0.841 bits per heavy atom. The zero-order valence-corrected chi connectivity index (χ0v) is 46.9. The Bertz CT molecular complexity index is 1290. The van der Waals surface area contributed by atoms with Gasteiger partial charge in [-0.15, -0.1) is 0 Å². The van der Waals surface area contributed by atoms with E-state index in [0.29, 0.717) is 24.1 Å². The molecule has 2 atom stereocenters. The zero-order valence-electron chi connectivity index (χ0n) is 46.0. The van der Waals surface area contributed by atoms with Crippen molar-refractivity contribution in [3.05, 3.63) is 60.8 Å². The number of hydrogen-bond donors (Lipinski definition) is 0. The van der Waals surface area contributed by atoms with Gasteiger partial charge >= 0.3 is 5.97 Å². The summed E-state index contributed by atoms with van der Waals surface area (Å²) in [6.07, 6.45) is 68.3. The standard InChI is InChI=1S/C60H112NO7P/c1-6-8-10-12-14-16-18-20-22-24-26-28-30-31-32-33-35-37-39-41-43-45-47-49-51-53-60(62)68-59(58-67-69(63,64)66-56-54-61(3,4)5)57-65-55-52-50-48-46-44-42-40-38-36-34-29-27-25-23-21-19-17-15-13-11-9-7-2/h8,10,14,16,20,22,26,28,31-32,59H,6-7,9,11-13,15,17-19,21,23-25,27,29-30,33-58H2,1-5H3/b10-8-,16-14-,22-20-,28-26-,32-31-. The lowest BCUT2D eigenvalue weighted by Gasteiger charge is -2.28. The second kappa shape index (κ2) is 52.5. The molecule has 0 aliphatic heterocycles. The first kappa shape index (κ1) is 67.2. The molecular weight excluding hydrogens is 878 g/mol. The molecule has 0 aromatic carbocycles. The first-order chi connectivity index (χ1) is 33.6. The highest BCUT2D eigenvalue weighted by molar-refractivity contribution is 7.45. The zero-order chi connectivity index (χ0) is 50.5. The smallest absolute Gasteiger partial charge is 0.306 e. The van der Waals surface area contributed by atoms with Crippen molar-refractivity contribution in [2.75, 3.05) is 54.1 Å². The Morgan fingerprint density at radius 1 is 0.464 bits per heavy atom. The largest absolute Gasteiger partial charge is 0.756 e. The van der Waals surface area contributed by atoms with Gasteiger partial charge in [0.2, 0.25) is 0 Å². The highest BCUT2D eigenvalue weighted by Crippen LogP contribution is 2.38. The number of hydrogen-bond acceptors (Lipinski definition) is 7. The monoisotopic (exact) mass is 990 g/mol. The molecule has 2 unspecified atom stereocenters. The van der Waals surface area contributed by atoms with Crippen LogP contribution in [0.25, 0.3) is 0 Å². The van der Waals surface area contributed by atoms with Gasteiger partial charge in [-0.3, -0.25) is 9.36 Å². The topological polar surface area (TPSA) is 94.1 Å². The van der Waals surface area contributed by atoms with Crippen LogP contribution in [0, 0.1) is 0 Å². The fourth-order valence-corrected chi connectivity index (χ4v) is 8.89. The lowest BCUT2D eigenvalue weighted by molar-refractivity contribution is -0.870. The number of carbonyl (C=O) groups excluding carboxylic acids is 1. The molecule has 9 heteroatoms. The minimum Gasteiger partial charge on any atom is -0.756 e. The average molecular weight is 991 g/mol. The Labute approximate surface area is 428 Å². The van der Waals surface area contributed by atoms with Gasteiger partial charge in [0.1, 0.15) is 19.3 Å². The molecule has 0 N–H and O–H groups in total. The van der Waals surface area contributed by atoms with Crippen molar-refractivity contribution in [2.24, 2.45) is 0 Å². The van der Waals surface area contributed by atoms with Gasteiger partial charge in [0.25, 0.3) is 7.82 Å². The van der Waals surface area contributed by atoms with Crippen LogP contribution in [-0.4, -0.2) is 70.7 Å². The van der Waals surface area contributed by atoms with Crippen LogP contribution in [0.5, 0.6) is 0 Å². The van der Waals surface area contributed by atoms with Crippen LogP contribution in [0.4, 0.5) is 0 Å². The maximum absolute atomic E-state index is 12.8. The van der Waals surface area contributed by atoms with Crippen molar-refractivity contribution in [3.63, 3.8) is 0 Å². The molecule has 0 heterocycles. The summed E-state index contributed by atoms with van der Waals surface area (Å²) >= 11 is 0. The summed E-state index contributed by atoms with van der Waals surface area (Å²) in [4.78, 5) is 25.3. The molecule has 0 radical (unpaired) electrons. The predicted molar refractivity (Wildman–Crippen MR) is 296 cm³/mol. The fourth-order valence-electron chi connectivity index (χ4n) is 8.16. The van der Waals surface area contributed by atoms with E-state index in [1.165, 1.54) is 167 Å². The fraction of sp³-hybridized carbons (Fsp3) is 0.817. The molecule has 0 saturated heterocycles. The minimum atomic E-state index is -4.54. The van der Waals surface area contributed by atoms with Gasteiger partial charge in [-0.1, -0.05) is 254 Å². The number of ether oxygens (including phenoxy) is 2. The number of nitrogens with zero attached hydrogens (tertiary/aromatic N) is 1. The summed E-state index contributed by atoms with van der Waals surface area (Å²) in [5, 5.41) is 0. The summed E-state index contributed by atoms with van der Waals surface area (Å²) < 4.78 is 34.9. The van der Waals surface area contributed by atoms with E-state index in [1.54, 1.807) is 0 Å². The molecule has 0 spiro atoms. The Hall–Kier alpha value is -1.80. The number of unbranched alkanes of at least 4 members (excludes halogenated alkanes) is 30. The van der Waals surface area contributed by atoms with Crippen molar-refractivity contribution >= 4 is 13.8 Å². The van der Waals surface area contributed by atoms with Crippen LogP contribution in [0.1, 0.15) is 258 Å². The van der Waals surface area contributed by atoms with Crippen molar-refractivity contribution in [1.29, 1.82) is 0 Å². The molecule has 0 aliphatic rings. The van der Waals surface area contributed by atoms with Gasteiger partial charge in [0, 0.05) is 13.0 Å². The van der Waals surface area contributed by atoms with Crippen LogP contribution in [-0.2, 0) is 27.9 Å². The highest BCUT2D eigenvalue weighted by atomic mass is 31.2. The predicted octanol–water partition coefficient (Wildman–Crippen LogP) is 17.8. The first-order valence-corrected chi connectivity index (χ1v) is 30.5. The third-order valence-corrected chi connectivity index (χ3v) is 13.5. The van der Waals surface area contributed by atoms with E-state index in [2.05, 4.69) is 74.6 Å². The van der Waals surface area contributed by atoms with E-state index in [0.717, 1.165) is 70.6 Å². The number of likely N-dealkylation sites (N-methyl/N-ethyl adjacent to an activating group) is 1. The number of esters is 1. The summed E-state index contributed by atoms with van der Waals surface area (Å²) in [5.41, 5.74) is 0. The Balaban J connectivity index is 4.08. The van der Waals surface area contributed by atoms with Gasteiger partial charge in [-0.05, 0) is 57.8 Å². The van der Waals surface area contributed by atoms with Gasteiger partial charge in [0.05, 0.1) is 34.4 Å². The molecule has 0 rings (SSSR count). The molecular formula is C60H112NO7P. The van der Waals surface area contributed by atoms with E-state index >= 15 is 0 Å². The Kier molecular flexibility index (Phi) is 51.2. The SMILES string of the molecule is CC/C=C\C/C=C\C/C=C\C/C=C\C/C=C\CCCCCCCCCCCC(=O)OC(COCCCCCCCCCCCCCCCCCCCCCCCC)COP(=O)([O-])OCC[N+](C)(C)C. The van der Waals surface area contributed by atoms with Gasteiger partial charge in [-0.25, -0.2) is 0 Å². The van der Waals surface area contributed by atoms with Gasteiger partial charge in [-0.2, -0.15) is 0 Å². The molecule has 0 amide bonds. The highest BCUT2D eigenvalue weighted by Gasteiger charge is 2.20. The molecule has 69 heavy (non-hydrogen) atoms. The number of phosphoric acid groups is 1. The third-order valence-electron chi connectivity index (χ3n) is 12.6. The number of carbonyl (C=O) groups is 1. The van der Waals surface area contributed by atoms with Crippen molar-refractivity contribution in [2.45, 2.75) is 264 Å². The molecule has 0 aromatic heterocycles. The molecule has 0 aliphatic carbocycles. The lowest BCUT2D eigenvalue weighted by Crippen LogP contribution is -2.37. The van der Waals surface area contributed by atoms with Crippen LogP contribution >= 0.6 is 7.82 Å². The van der Waals surface area contributed by atoms with Gasteiger partial charge in [0.15, 0.2) is 0 Å². The van der Waals surface area contributed by atoms with Crippen molar-refractivity contribution < 1.29 is 37.3 Å².